The Hall–Kier alpha value is -1.62. The van der Waals surface area contributed by atoms with Gasteiger partial charge in [-0.2, -0.15) is 0 Å². The lowest BCUT2D eigenvalue weighted by molar-refractivity contribution is 0.0923. The third-order valence-corrected chi connectivity index (χ3v) is 2.78. The van der Waals surface area contributed by atoms with E-state index in [-0.39, 0.29) is 5.91 Å². The van der Waals surface area contributed by atoms with E-state index in [9.17, 15) is 4.79 Å². The standard InChI is InChI=1S/C10H10N2O2S/c1-7-6-15-9(12-7)5-11-10(13)8-3-2-4-14-8/h2-4,6H,5H2,1H3,(H,11,13). The molecule has 2 aromatic heterocycles. The molecular weight excluding hydrogens is 212 g/mol. The first kappa shape index (κ1) is 9.92. The second kappa shape index (κ2) is 4.27. The number of hydrogen-bond acceptors (Lipinski definition) is 4. The van der Waals surface area contributed by atoms with Gasteiger partial charge in [0, 0.05) is 11.1 Å². The lowest BCUT2D eigenvalue weighted by atomic mass is 10.4. The molecule has 0 aliphatic carbocycles. The molecule has 0 spiro atoms. The monoisotopic (exact) mass is 222 g/mol. The number of hydrogen-bond donors (Lipinski definition) is 1. The van der Waals surface area contributed by atoms with Crippen molar-refractivity contribution in [2.75, 3.05) is 0 Å². The molecule has 0 aliphatic heterocycles. The molecule has 15 heavy (non-hydrogen) atoms. The van der Waals surface area contributed by atoms with E-state index < -0.39 is 0 Å². The van der Waals surface area contributed by atoms with Crippen molar-refractivity contribution in [1.82, 2.24) is 10.3 Å². The van der Waals surface area contributed by atoms with E-state index >= 15 is 0 Å². The van der Waals surface area contributed by atoms with Gasteiger partial charge < -0.3 is 9.73 Å². The molecule has 2 aromatic rings. The van der Waals surface area contributed by atoms with Gasteiger partial charge in [-0.1, -0.05) is 0 Å². The predicted molar refractivity (Wildman–Crippen MR) is 56.7 cm³/mol. The van der Waals surface area contributed by atoms with Crippen molar-refractivity contribution in [2.24, 2.45) is 0 Å². The van der Waals surface area contributed by atoms with Crippen molar-refractivity contribution >= 4 is 17.2 Å². The van der Waals surface area contributed by atoms with Crippen molar-refractivity contribution in [3.63, 3.8) is 0 Å². The Morgan fingerprint density at radius 3 is 3.13 bits per heavy atom. The van der Waals surface area contributed by atoms with E-state index in [4.69, 9.17) is 4.42 Å². The number of carbonyl (C=O) groups excluding carboxylic acids is 1. The van der Waals surface area contributed by atoms with Gasteiger partial charge in [-0.3, -0.25) is 4.79 Å². The zero-order valence-corrected chi connectivity index (χ0v) is 9.00. The predicted octanol–water partition coefficient (Wildman–Crippen LogP) is 1.97. The van der Waals surface area contributed by atoms with Crippen LogP contribution in [-0.2, 0) is 6.54 Å². The van der Waals surface area contributed by atoms with Crippen LogP contribution in [0, 0.1) is 6.92 Å². The quantitative estimate of drug-likeness (QED) is 0.863. The molecule has 2 heterocycles. The van der Waals surface area contributed by atoms with E-state index in [1.807, 2.05) is 12.3 Å². The highest BCUT2D eigenvalue weighted by atomic mass is 32.1. The van der Waals surface area contributed by atoms with Gasteiger partial charge in [-0.25, -0.2) is 4.98 Å². The molecule has 0 unspecified atom stereocenters. The summed E-state index contributed by atoms with van der Waals surface area (Å²) < 4.78 is 4.96. The maximum atomic E-state index is 11.5. The van der Waals surface area contributed by atoms with Crippen LogP contribution in [0.2, 0.25) is 0 Å². The molecule has 0 fully saturated rings. The summed E-state index contributed by atoms with van der Waals surface area (Å²) in [6.07, 6.45) is 1.47. The molecule has 2 rings (SSSR count). The van der Waals surface area contributed by atoms with Gasteiger partial charge >= 0.3 is 0 Å². The fourth-order valence-electron chi connectivity index (χ4n) is 1.13. The largest absolute Gasteiger partial charge is 0.459 e. The number of aryl methyl sites for hydroxylation is 1. The number of aromatic nitrogens is 1. The van der Waals surface area contributed by atoms with Gasteiger partial charge in [0.05, 0.1) is 12.8 Å². The van der Waals surface area contributed by atoms with E-state index in [2.05, 4.69) is 10.3 Å². The van der Waals surface area contributed by atoms with Crippen LogP contribution in [-0.4, -0.2) is 10.9 Å². The van der Waals surface area contributed by atoms with E-state index in [1.54, 1.807) is 12.1 Å². The van der Waals surface area contributed by atoms with Gasteiger partial charge in [-0.05, 0) is 19.1 Å². The summed E-state index contributed by atoms with van der Waals surface area (Å²) in [4.78, 5) is 15.7. The Morgan fingerprint density at radius 1 is 1.67 bits per heavy atom. The third kappa shape index (κ3) is 2.44. The van der Waals surface area contributed by atoms with Crippen LogP contribution in [0.25, 0.3) is 0 Å². The van der Waals surface area contributed by atoms with Crippen LogP contribution in [0.4, 0.5) is 0 Å². The van der Waals surface area contributed by atoms with Crippen LogP contribution in [0.1, 0.15) is 21.3 Å². The number of furan rings is 1. The third-order valence-electron chi connectivity index (χ3n) is 1.81. The Bertz CT molecular complexity index is 448. The summed E-state index contributed by atoms with van der Waals surface area (Å²) in [5.41, 5.74) is 0.974. The van der Waals surface area contributed by atoms with Gasteiger partial charge in [0.25, 0.3) is 5.91 Å². The molecule has 0 saturated carbocycles. The number of carbonyl (C=O) groups is 1. The first-order valence-corrected chi connectivity index (χ1v) is 5.36. The molecule has 0 atom stereocenters. The van der Waals surface area contributed by atoms with Crippen molar-refractivity contribution in [3.05, 3.63) is 40.2 Å². The number of thiazole rings is 1. The summed E-state index contributed by atoms with van der Waals surface area (Å²) in [5, 5.41) is 5.58. The molecule has 0 aliphatic rings. The normalized spacial score (nSPS) is 10.2. The van der Waals surface area contributed by atoms with Crippen molar-refractivity contribution in [3.8, 4) is 0 Å². The molecule has 5 heteroatoms. The van der Waals surface area contributed by atoms with Crippen molar-refractivity contribution in [2.45, 2.75) is 13.5 Å². The van der Waals surface area contributed by atoms with Crippen LogP contribution in [0.15, 0.2) is 28.2 Å². The molecular formula is C10H10N2O2S. The Balaban J connectivity index is 1.91. The molecule has 0 radical (unpaired) electrons. The smallest absolute Gasteiger partial charge is 0.287 e. The topological polar surface area (TPSA) is 55.1 Å². The summed E-state index contributed by atoms with van der Waals surface area (Å²) in [5.74, 6) is 0.108. The molecule has 78 valence electrons. The van der Waals surface area contributed by atoms with E-state index in [1.165, 1.54) is 17.6 Å². The second-order valence-corrected chi connectivity index (χ2v) is 3.99. The summed E-state index contributed by atoms with van der Waals surface area (Å²) in [6.45, 7) is 2.37. The van der Waals surface area contributed by atoms with Crippen molar-refractivity contribution < 1.29 is 9.21 Å². The minimum absolute atomic E-state index is 0.215. The summed E-state index contributed by atoms with van der Waals surface area (Å²) >= 11 is 1.53. The van der Waals surface area contributed by atoms with Crippen LogP contribution >= 0.6 is 11.3 Å². The van der Waals surface area contributed by atoms with Gasteiger partial charge in [0.1, 0.15) is 5.01 Å². The minimum atomic E-state index is -0.215. The Morgan fingerprint density at radius 2 is 2.53 bits per heavy atom. The zero-order chi connectivity index (χ0) is 10.7. The van der Waals surface area contributed by atoms with Crippen molar-refractivity contribution in [1.29, 1.82) is 0 Å². The SMILES string of the molecule is Cc1csc(CNC(=O)c2ccco2)n1. The fraction of sp³-hybridized carbons (Fsp3) is 0.200. The first-order chi connectivity index (χ1) is 7.25. The molecule has 1 amide bonds. The highest BCUT2D eigenvalue weighted by Gasteiger charge is 2.08. The van der Waals surface area contributed by atoms with Gasteiger partial charge in [0.2, 0.25) is 0 Å². The molecule has 0 bridgehead atoms. The number of rotatable bonds is 3. The highest BCUT2D eigenvalue weighted by Crippen LogP contribution is 2.08. The molecule has 0 saturated heterocycles. The maximum Gasteiger partial charge on any atom is 0.287 e. The lowest BCUT2D eigenvalue weighted by Crippen LogP contribution is -2.22. The molecule has 1 N–H and O–H groups in total. The number of nitrogens with zero attached hydrogens (tertiary/aromatic N) is 1. The van der Waals surface area contributed by atoms with Crippen LogP contribution in [0.3, 0.4) is 0 Å². The van der Waals surface area contributed by atoms with Crippen LogP contribution < -0.4 is 5.32 Å². The highest BCUT2D eigenvalue weighted by molar-refractivity contribution is 7.09. The van der Waals surface area contributed by atoms with Gasteiger partial charge in [0.15, 0.2) is 5.76 Å². The summed E-state index contributed by atoms with van der Waals surface area (Å²) in [7, 11) is 0. The number of amides is 1. The minimum Gasteiger partial charge on any atom is -0.459 e. The van der Waals surface area contributed by atoms with Gasteiger partial charge in [-0.15, -0.1) is 11.3 Å². The van der Waals surface area contributed by atoms with E-state index in [0.717, 1.165) is 10.7 Å². The fourth-order valence-corrected chi connectivity index (χ4v) is 1.85. The van der Waals surface area contributed by atoms with E-state index in [0.29, 0.717) is 12.3 Å². The van der Waals surface area contributed by atoms with Crippen LogP contribution in [0.5, 0.6) is 0 Å². The average molecular weight is 222 g/mol. The lowest BCUT2D eigenvalue weighted by Gasteiger charge is -1.98. The summed E-state index contributed by atoms with van der Waals surface area (Å²) in [6, 6.07) is 3.31. The average Bonchev–Trinajstić information content (AvgIpc) is 2.84. The zero-order valence-electron chi connectivity index (χ0n) is 8.19. The maximum absolute atomic E-state index is 11.5. The molecule has 0 aromatic carbocycles. The first-order valence-electron chi connectivity index (χ1n) is 4.48. The number of nitrogens with one attached hydrogen (secondary N) is 1. The Labute approximate surface area is 90.9 Å². The Kier molecular flexibility index (Phi) is 2.82. The second-order valence-electron chi connectivity index (χ2n) is 3.04. The molecule has 4 nitrogen and oxygen atoms in total.